The van der Waals surface area contributed by atoms with Gasteiger partial charge in [0, 0.05) is 0 Å². The maximum atomic E-state index is 3.17. The van der Waals surface area contributed by atoms with E-state index in [1.54, 1.807) is 0 Å². The van der Waals surface area contributed by atoms with Crippen LogP contribution in [0.25, 0.3) is 0 Å². The van der Waals surface area contributed by atoms with Crippen molar-refractivity contribution in [3.8, 4) is 10.1 Å². The predicted molar refractivity (Wildman–Crippen MR) is 36.9 cm³/mol. The molecular weight excluding hydrogens is 95.1 g/mol. The van der Waals surface area contributed by atoms with Crippen LogP contribution in [0.5, 0.6) is 0 Å². The van der Waals surface area contributed by atoms with E-state index in [9.17, 15) is 0 Å². The molecule has 0 atom stereocenters. The molecule has 0 aromatic heterocycles. The second kappa shape index (κ2) is 2.63. The fourth-order valence-corrected chi connectivity index (χ4v) is 1.12. The summed E-state index contributed by atoms with van der Waals surface area (Å²) < 4.78 is 2.92. The van der Waals surface area contributed by atoms with Gasteiger partial charge in [-0.3, -0.25) is 0 Å². The van der Waals surface area contributed by atoms with Crippen molar-refractivity contribution in [3.05, 3.63) is 0 Å². The first kappa shape index (κ1) is 7.37. The summed E-state index contributed by atoms with van der Waals surface area (Å²) in [5.41, 5.74) is 3.17. The van der Waals surface area contributed by atoms with Crippen LogP contribution in [0.4, 0.5) is 0 Å². The molecule has 0 unspecified atom stereocenters. The summed E-state index contributed by atoms with van der Waals surface area (Å²) in [4.78, 5) is 0. The molecule has 0 nitrogen and oxygen atoms in total. The summed E-state index contributed by atoms with van der Waals surface area (Å²) in [6, 6.07) is 0. The second-order valence-electron chi connectivity index (χ2n) is 2.62. The van der Waals surface area contributed by atoms with Crippen LogP contribution in [0.15, 0.2) is 0 Å². The van der Waals surface area contributed by atoms with Gasteiger partial charge < -0.3 is 0 Å². The summed E-state index contributed by atoms with van der Waals surface area (Å²) in [6.45, 7) is 6.72. The zero-order chi connectivity index (χ0) is 5.91. The first-order valence-corrected chi connectivity index (χ1v) is 6.00. The molecule has 2 heteroatoms. The zero-order valence-electron chi connectivity index (χ0n) is 5.50. The first-order valence-electron chi connectivity index (χ1n) is 2.50. The quantitative estimate of drug-likeness (QED) is 0.317. The van der Waals surface area contributed by atoms with Crippen molar-refractivity contribution in [2.75, 3.05) is 0 Å². The van der Waals surface area contributed by atoms with Gasteiger partial charge in [0.2, 0.25) is 0 Å². The minimum absolute atomic E-state index is 1.02. The molecule has 0 radical (unpaired) electrons. The van der Waals surface area contributed by atoms with Gasteiger partial charge in [-0.1, -0.05) is 0 Å². The molecule has 0 aliphatic heterocycles. The summed E-state index contributed by atoms with van der Waals surface area (Å²) in [5.74, 6) is 0. The molecule has 0 aromatic carbocycles. The molecule has 0 aliphatic rings. The van der Waals surface area contributed by atoms with Crippen LogP contribution in [0.2, 0.25) is 19.6 Å². The number of rotatable bonds is 0. The van der Waals surface area contributed by atoms with Gasteiger partial charge in [-0.2, -0.15) is 0 Å². The third-order valence-corrected chi connectivity index (χ3v) is 1.50. The molecule has 0 fully saturated rings. The normalized spacial score (nSPS) is 9.86. The summed E-state index contributed by atoms with van der Waals surface area (Å²) in [6.07, 6.45) is 0. The fourth-order valence-electron chi connectivity index (χ4n) is 0.375. The van der Waals surface area contributed by atoms with E-state index in [4.69, 9.17) is 0 Å². The van der Waals surface area contributed by atoms with Gasteiger partial charge in [0.25, 0.3) is 0 Å². The molecule has 0 aliphatic carbocycles. The zero-order valence-corrected chi connectivity index (χ0v) is 6.50. The van der Waals surface area contributed by atoms with E-state index in [-0.39, 0.29) is 0 Å². The monoisotopic (exact) mass is 104 g/mol. The second-order valence-corrected chi connectivity index (χ2v) is 7.38. The van der Waals surface area contributed by atoms with Crippen molar-refractivity contribution in [2.45, 2.75) is 19.6 Å². The molecule has 0 heterocycles. The van der Waals surface area contributed by atoms with E-state index < -0.39 is 8.07 Å². The molecule has 0 amide bonds. The van der Waals surface area contributed by atoms with E-state index in [0.717, 1.165) is 0 Å². The van der Waals surface area contributed by atoms with Crippen LogP contribution >= 0.6 is 0 Å². The van der Waals surface area contributed by atoms with Crippen LogP contribution in [0.3, 0.4) is 0 Å². The average molecular weight is 104 g/mol. The van der Waals surface area contributed by atoms with Crippen molar-refractivity contribution < 1.29 is 0 Å². The Morgan fingerprint density at radius 1 is 1.29 bits per heavy atom. The third-order valence-electron chi connectivity index (χ3n) is 0.500. The Morgan fingerprint density at radius 2 is 1.71 bits per heavy atom. The molecule has 0 bridgehead atoms. The van der Waals surface area contributed by atoms with Gasteiger partial charge in [-0.25, -0.2) is 0 Å². The Kier molecular flexibility index (Phi) is 2.77. The Bertz CT molecular complexity index is 101. The Morgan fingerprint density at radius 3 is 1.71 bits per heavy atom. The molecular formula is C5H9LiSi. The van der Waals surface area contributed by atoms with Crippen LogP contribution in [-0.2, 0) is 0 Å². The van der Waals surface area contributed by atoms with Gasteiger partial charge in [0.15, 0.2) is 0 Å². The Hall–Kier alpha value is 0.374. The topological polar surface area (TPSA) is 0 Å². The summed E-state index contributed by atoms with van der Waals surface area (Å²) in [5, 5.41) is 0. The average Bonchev–Trinajstić information content (AvgIpc) is 1.30. The van der Waals surface area contributed by atoms with Crippen molar-refractivity contribution in [1.29, 1.82) is 0 Å². The van der Waals surface area contributed by atoms with Crippen molar-refractivity contribution in [2.24, 2.45) is 0 Å². The predicted octanol–water partition coefficient (Wildman–Crippen LogP) is 0.993. The van der Waals surface area contributed by atoms with Crippen molar-refractivity contribution >= 4 is 25.8 Å². The van der Waals surface area contributed by atoms with Crippen molar-refractivity contribution in [3.63, 3.8) is 0 Å². The molecule has 0 saturated heterocycles. The third kappa shape index (κ3) is 6.37. The SMILES string of the molecule is [Li][C]#C[Si](C)(C)C. The maximum absolute atomic E-state index is 3.17. The van der Waals surface area contributed by atoms with Gasteiger partial charge in [-0.05, 0) is 0 Å². The standard InChI is InChI=1S/C5H9Si.Li/c1-5-6(2,3)4;/h2-4H3;. The molecule has 0 rings (SSSR count). The summed E-state index contributed by atoms with van der Waals surface area (Å²) in [7, 11) is -1.02. The van der Waals surface area contributed by atoms with Gasteiger partial charge in [-0.15, -0.1) is 0 Å². The van der Waals surface area contributed by atoms with Gasteiger partial charge in [0.05, 0.1) is 0 Å². The van der Waals surface area contributed by atoms with Crippen molar-refractivity contribution in [1.82, 2.24) is 0 Å². The molecule has 0 spiro atoms. The Labute approximate surface area is 55.9 Å². The molecule has 0 aromatic rings. The van der Waals surface area contributed by atoms with Crippen LogP contribution in [0.1, 0.15) is 0 Å². The van der Waals surface area contributed by atoms with E-state index in [1.165, 1.54) is 0 Å². The number of hydrogen-bond donors (Lipinski definition) is 0. The van der Waals surface area contributed by atoms with E-state index in [0.29, 0.717) is 0 Å². The van der Waals surface area contributed by atoms with E-state index >= 15 is 0 Å². The summed E-state index contributed by atoms with van der Waals surface area (Å²) >= 11 is 1.90. The fraction of sp³-hybridized carbons (Fsp3) is 0.600. The number of hydrogen-bond acceptors (Lipinski definition) is 0. The minimum atomic E-state index is -1.02. The van der Waals surface area contributed by atoms with E-state index in [2.05, 4.69) is 29.8 Å². The van der Waals surface area contributed by atoms with Crippen LogP contribution < -0.4 is 0 Å². The van der Waals surface area contributed by atoms with Crippen LogP contribution in [-0.4, -0.2) is 25.8 Å². The molecule has 34 valence electrons. The molecule has 7 heavy (non-hydrogen) atoms. The van der Waals surface area contributed by atoms with Gasteiger partial charge >= 0.3 is 55.6 Å². The van der Waals surface area contributed by atoms with Crippen LogP contribution in [0, 0.1) is 10.1 Å². The van der Waals surface area contributed by atoms with E-state index in [1.807, 2.05) is 17.7 Å². The molecule has 0 N–H and O–H groups in total. The Balaban J connectivity index is 3.72. The first-order chi connectivity index (χ1) is 3.06. The van der Waals surface area contributed by atoms with Gasteiger partial charge in [0.1, 0.15) is 0 Å². The molecule has 0 saturated carbocycles.